The fourth-order valence-corrected chi connectivity index (χ4v) is 5.42. The Kier molecular flexibility index (Phi) is 7.14. The lowest BCUT2D eigenvalue weighted by atomic mass is 9.90. The zero-order valence-corrected chi connectivity index (χ0v) is 21.0. The van der Waals surface area contributed by atoms with Crippen LogP contribution in [0.25, 0.3) is 11.5 Å². The largest absolute Gasteiger partial charge is 0.481 e. The Morgan fingerprint density at radius 1 is 1.11 bits per heavy atom. The predicted molar refractivity (Wildman–Crippen MR) is 134 cm³/mol. The summed E-state index contributed by atoms with van der Waals surface area (Å²) < 4.78 is 11.5. The van der Waals surface area contributed by atoms with E-state index < -0.39 is 11.9 Å². The maximum atomic E-state index is 13.0. The van der Waals surface area contributed by atoms with Crippen molar-refractivity contribution in [1.82, 2.24) is 10.3 Å². The Morgan fingerprint density at radius 2 is 1.89 bits per heavy atom. The predicted octanol–water partition coefficient (Wildman–Crippen LogP) is 6.80. The highest BCUT2D eigenvalue weighted by Gasteiger charge is 2.37. The monoisotopic (exact) mass is 511 g/mol. The smallest absolute Gasteiger partial charge is 0.303 e. The number of carboxylic acids is 1. The minimum Gasteiger partial charge on any atom is -0.481 e. The molecular weight excluding hydrogens is 482 g/mol. The lowest BCUT2D eigenvalue weighted by Crippen LogP contribution is -2.17. The maximum absolute atomic E-state index is 13.0. The summed E-state index contributed by atoms with van der Waals surface area (Å²) in [7, 11) is 0. The molecule has 2 aromatic heterocycles. The summed E-state index contributed by atoms with van der Waals surface area (Å²) in [6.07, 6.45) is 6.83. The van der Waals surface area contributed by atoms with Gasteiger partial charge >= 0.3 is 5.97 Å². The van der Waals surface area contributed by atoms with Crippen LogP contribution < -0.4 is 5.32 Å². The van der Waals surface area contributed by atoms with Gasteiger partial charge in [0.1, 0.15) is 5.76 Å². The highest BCUT2D eigenvalue weighted by atomic mass is 35.5. The average molecular weight is 512 g/mol. The molecule has 36 heavy (non-hydrogen) atoms. The summed E-state index contributed by atoms with van der Waals surface area (Å²) >= 11 is 6.29. The Balaban J connectivity index is 1.41. The Morgan fingerprint density at radius 3 is 2.58 bits per heavy atom. The molecule has 1 amide bonds. The molecule has 0 bridgehead atoms. The molecule has 2 fully saturated rings. The van der Waals surface area contributed by atoms with Gasteiger partial charge in [0.05, 0.1) is 16.4 Å². The first-order chi connectivity index (χ1) is 17.4. The standard InChI is InChI=1S/C27H30ClN3O5/c1-15-6-10-20(19(28)12-15)29-23(32)13-18(9-11-24(33)34)26-25(17-7-8-17)27(36-31-26)21-14-22(35-30-21)16-4-2-3-5-16/h6,10,12,14,16-18H,2-5,7-9,11,13H2,1H3,(H,29,32)(H,33,34). The van der Waals surface area contributed by atoms with Crippen LogP contribution in [-0.2, 0) is 9.59 Å². The highest BCUT2D eigenvalue weighted by molar-refractivity contribution is 6.33. The van der Waals surface area contributed by atoms with Gasteiger partial charge in [0.2, 0.25) is 5.91 Å². The van der Waals surface area contributed by atoms with Crippen molar-refractivity contribution in [3.05, 3.63) is 51.9 Å². The number of carbonyl (C=O) groups excluding carboxylic acids is 1. The number of halogens is 1. The first-order valence-electron chi connectivity index (χ1n) is 12.6. The van der Waals surface area contributed by atoms with Crippen molar-refractivity contribution in [3.63, 3.8) is 0 Å². The molecule has 9 heteroatoms. The van der Waals surface area contributed by atoms with Crippen LogP contribution in [0.5, 0.6) is 0 Å². The molecular formula is C27H30ClN3O5. The van der Waals surface area contributed by atoms with Crippen LogP contribution in [0, 0.1) is 6.92 Å². The van der Waals surface area contributed by atoms with Gasteiger partial charge in [0.25, 0.3) is 0 Å². The molecule has 0 saturated heterocycles. The van der Waals surface area contributed by atoms with Crippen LogP contribution in [0.15, 0.2) is 33.3 Å². The van der Waals surface area contributed by atoms with E-state index >= 15 is 0 Å². The van der Waals surface area contributed by atoms with Crippen LogP contribution in [-0.4, -0.2) is 27.3 Å². The van der Waals surface area contributed by atoms with Crippen LogP contribution in [0.1, 0.15) is 98.1 Å². The Labute approximate surface area is 214 Å². The second-order valence-electron chi connectivity index (χ2n) is 10.0. The van der Waals surface area contributed by atoms with Crippen molar-refractivity contribution in [2.75, 3.05) is 5.32 Å². The molecule has 2 saturated carbocycles. The zero-order chi connectivity index (χ0) is 25.2. The molecule has 0 spiro atoms. The van der Waals surface area contributed by atoms with E-state index in [4.69, 9.17) is 20.6 Å². The number of hydrogen-bond donors (Lipinski definition) is 2. The lowest BCUT2D eigenvalue weighted by Gasteiger charge is -2.16. The van der Waals surface area contributed by atoms with Gasteiger partial charge in [-0.05, 0) is 62.6 Å². The molecule has 2 N–H and O–H groups in total. The molecule has 5 rings (SSSR count). The van der Waals surface area contributed by atoms with Gasteiger partial charge < -0.3 is 19.5 Å². The fourth-order valence-electron chi connectivity index (χ4n) is 5.13. The third-order valence-corrected chi connectivity index (χ3v) is 7.50. The SMILES string of the molecule is Cc1ccc(NC(=O)CC(CCC(=O)O)c2noc(-c3cc(C4CCCC4)on3)c2C2CC2)c(Cl)c1. The van der Waals surface area contributed by atoms with Gasteiger partial charge in [0.15, 0.2) is 11.5 Å². The molecule has 190 valence electrons. The maximum Gasteiger partial charge on any atom is 0.303 e. The number of anilines is 1. The van der Waals surface area contributed by atoms with Crippen LogP contribution in [0.2, 0.25) is 5.02 Å². The van der Waals surface area contributed by atoms with Crippen molar-refractivity contribution < 1.29 is 23.7 Å². The minimum atomic E-state index is -0.920. The van der Waals surface area contributed by atoms with Crippen molar-refractivity contribution >= 4 is 29.2 Å². The molecule has 2 aliphatic carbocycles. The third kappa shape index (κ3) is 5.48. The summed E-state index contributed by atoms with van der Waals surface area (Å²) in [6.45, 7) is 1.92. The Bertz CT molecular complexity index is 1260. The quantitative estimate of drug-likeness (QED) is 0.307. The summed E-state index contributed by atoms with van der Waals surface area (Å²) in [6, 6.07) is 7.37. The number of nitrogens with one attached hydrogen (secondary N) is 1. The van der Waals surface area contributed by atoms with E-state index in [0.29, 0.717) is 33.8 Å². The van der Waals surface area contributed by atoms with E-state index in [2.05, 4.69) is 15.6 Å². The molecule has 8 nitrogen and oxygen atoms in total. The molecule has 1 aromatic carbocycles. The number of rotatable bonds is 10. The minimum absolute atomic E-state index is 0.0648. The second kappa shape index (κ2) is 10.5. The van der Waals surface area contributed by atoms with Crippen LogP contribution in [0.4, 0.5) is 5.69 Å². The van der Waals surface area contributed by atoms with E-state index in [1.54, 1.807) is 12.1 Å². The lowest BCUT2D eigenvalue weighted by molar-refractivity contribution is -0.137. The normalized spacial score (nSPS) is 16.8. The van der Waals surface area contributed by atoms with Gasteiger partial charge in [-0.3, -0.25) is 9.59 Å². The zero-order valence-electron chi connectivity index (χ0n) is 20.3. The van der Waals surface area contributed by atoms with Crippen molar-refractivity contribution in [3.8, 4) is 11.5 Å². The topological polar surface area (TPSA) is 118 Å². The first kappa shape index (κ1) is 24.6. The number of carboxylic acid groups (broad SMARTS) is 1. The highest BCUT2D eigenvalue weighted by Crippen LogP contribution is 2.49. The van der Waals surface area contributed by atoms with Crippen molar-refractivity contribution in [2.24, 2.45) is 0 Å². The molecule has 1 unspecified atom stereocenters. The number of carbonyl (C=O) groups is 2. The molecule has 2 aliphatic rings. The van der Waals surface area contributed by atoms with E-state index in [9.17, 15) is 14.7 Å². The Hall–Kier alpha value is -3.13. The first-order valence-corrected chi connectivity index (χ1v) is 13.0. The van der Waals surface area contributed by atoms with Crippen molar-refractivity contribution in [2.45, 2.75) is 82.5 Å². The number of aryl methyl sites for hydroxylation is 1. The number of hydrogen-bond acceptors (Lipinski definition) is 6. The molecule has 0 radical (unpaired) electrons. The summed E-state index contributed by atoms with van der Waals surface area (Å²) in [5.74, 6) is 0.499. The molecule has 3 aromatic rings. The van der Waals surface area contributed by atoms with E-state index in [-0.39, 0.29) is 31.1 Å². The average Bonchev–Trinajstić information content (AvgIpc) is 3.22. The van der Waals surface area contributed by atoms with Gasteiger partial charge in [-0.15, -0.1) is 0 Å². The van der Waals surface area contributed by atoms with Gasteiger partial charge in [-0.25, -0.2) is 0 Å². The molecule has 0 aliphatic heterocycles. The summed E-state index contributed by atoms with van der Waals surface area (Å²) in [5.41, 5.74) is 3.70. The van der Waals surface area contributed by atoms with Crippen molar-refractivity contribution in [1.29, 1.82) is 0 Å². The fraction of sp³-hybridized carbons (Fsp3) is 0.481. The number of benzene rings is 1. The number of nitrogens with zero attached hydrogens (tertiary/aromatic N) is 2. The van der Waals surface area contributed by atoms with Gasteiger partial charge in [-0.1, -0.05) is 40.8 Å². The summed E-state index contributed by atoms with van der Waals surface area (Å²) in [4.78, 5) is 24.4. The second-order valence-corrected chi connectivity index (χ2v) is 10.5. The number of aromatic nitrogens is 2. The number of amides is 1. The van der Waals surface area contributed by atoms with E-state index in [1.807, 2.05) is 19.1 Å². The van der Waals surface area contributed by atoms with Gasteiger partial charge in [-0.2, -0.15) is 0 Å². The van der Waals surface area contributed by atoms with Crippen LogP contribution in [0.3, 0.4) is 0 Å². The summed E-state index contributed by atoms with van der Waals surface area (Å²) in [5, 5.41) is 21.3. The third-order valence-electron chi connectivity index (χ3n) is 7.18. The molecule has 2 heterocycles. The molecule has 1 atom stereocenters. The van der Waals surface area contributed by atoms with E-state index in [0.717, 1.165) is 42.6 Å². The van der Waals surface area contributed by atoms with E-state index in [1.165, 1.54) is 12.8 Å². The van der Waals surface area contributed by atoms with Gasteiger partial charge in [0, 0.05) is 36.3 Å². The number of aliphatic carboxylic acids is 1. The van der Waals surface area contributed by atoms with Crippen LogP contribution >= 0.6 is 11.6 Å².